The first-order valence-electron chi connectivity index (χ1n) is 11.2. The molecule has 0 saturated carbocycles. The zero-order valence-electron chi connectivity index (χ0n) is 19.7. The number of hydrogen-bond donors (Lipinski definition) is 3. The first kappa shape index (κ1) is 26.7. The molecule has 0 unspecified atom stereocenters. The van der Waals surface area contributed by atoms with Gasteiger partial charge >= 0.3 is 0 Å². The van der Waals surface area contributed by atoms with Gasteiger partial charge in [-0.3, -0.25) is 9.59 Å². The molecular formula is C25H22ClN7O4S. The predicted molar refractivity (Wildman–Crippen MR) is 142 cm³/mol. The maximum Gasteiger partial charge on any atom is 0.247 e. The van der Waals surface area contributed by atoms with Gasteiger partial charge < -0.3 is 10.6 Å². The van der Waals surface area contributed by atoms with Crippen molar-refractivity contribution in [3.63, 3.8) is 0 Å². The van der Waals surface area contributed by atoms with Crippen LogP contribution < -0.4 is 15.8 Å². The summed E-state index contributed by atoms with van der Waals surface area (Å²) in [6.45, 7) is 0. The van der Waals surface area contributed by atoms with Gasteiger partial charge in [0, 0.05) is 28.8 Å². The monoisotopic (exact) mass is 551 g/mol. The molecule has 0 bridgehead atoms. The lowest BCUT2D eigenvalue weighted by molar-refractivity contribution is -0.123. The van der Waals surface area contributed by atoms with Crippen molar-refractivity contribution in [1.82, 2.24) is 25.5 Å². The van der Waals surface area contributed by atoms with Crippen molar-refractivity contribution in [1.29, 1.82) is 0 Å². The highest BCUT2D eigenvalue weighted by Gasteiger charge is 2.21. The number of carbonyl (C=O) groups excluding carboxylic acids is 2. The van der Waals surface area contributed by atoms with E-state index in [1.54, 1.807) is 24.3 Å². The molecule has 0 aliphatic rings. The standard InChI is InChI=1S/C25H22ClN7O4S/c26-19-7-12-23(33-16-28-31-32-33)18(15-19)6-13-24(34)30-22(14-17-4-2-1-3-5-17)25(35)29-20-8-10-21(11-9-20)38(27,36)37/h1-13,15-16,22H,14H2,(H,29,35)(H,30,34)(H2,27,36,37)/t22-/m0/s1. The van der Waals surface area contributed by atoms with Crippen LogP contribution in [0.2, 0.25) is 5.02 Å². The first-order chi connectivity index (χ1) is 18.2. The molecule has 3 aromatic carbocycles. The molecule has 194 valence electrons. The lowest BCUT2D eigenvalue weighted by atomic mass is 10.0. The zero-order chi connectivity index (χ0) is 27.1. The largest absolute Gasteiger partial charge is 0.340 e. The number of anilines is 1. The number of rotatable bonds is 9. The minimum atomic E-state index is -3.87. The van der Waals surface area contributed by atoms with E-state index in [2.05, 4.69) is 26.2 Å². The molecule has 0 aliphatic heterocycles. The van der Waals surface area contributed by atoms with Crippen LogP contribution in [0.1, 0.15) is 11.1 Å². The quantitative estimate of drug-likeness (QED) is 0.269. The van der Waals surface area contributed by atoms with Gasteiger partial charge in [0.2, 0.25) is 21.8 Å². The van der Waals surface area contributed by atoms with E-state index in [1.807, 2.05) is 30.3 Å². The molecule has 4 aromatic rings. The second-order valence-electron chi connectivity index (χ2n) is 8.10. The van der Waals surface area contributed by atoms with Crippen molar-refractivity contribution < 1.29 is 18.0 Å². The van der Waals surface area contributed by atoms with Crippen molar-refractivity contribution in [3.8, 4) is 5.69 Å². The molecule has 13 heteroatoms. The van der Waals surface area contributed by atoms with Crippen LogP contribution in [0.3, 0.4) is 0 Å². The molecule has 2 amide bonds. The third-order valence-electron chi connectivity index (χ3n) is 5.37. The molecule has 0 aliphatic carbocycles. The van der Waals surface area contributed by atoms with E-state index in [9.17, 15) is 18.0 Å². The van der Waals surface area contributed by atoms with Gasteiger partial charge in [0.1, 0.15) is 12.4 Å². The maximum absolute atomic E-state index is 13.1. The van der Waals surface area contributed by atoms with Crippen molar-refractivity contribution in [2.75, 3.05) is 5.32 Å². The highest BCUT2D eigenvalue weighted by atomic mass is 35.5. The Morgan fingerprint density at radius 1 is 1.05 bits per heavy atom. The average molecular weight is 552 g/mol. The Labute approximate surface area is 223 Å². The topological polar surface area (TPSA) is 162 Å². The van der Waals surface area contributed by atoms with Crippen LogP contribution in [0.15, 0.2) is 90.1 Å². The summed E-state index contributed by atoms with van der Waals surface area (Å²) >= 11 is 6.13. The molecule has 0 spiro atoms. The number of amides is 2. The Balaban J connectivity index is 1.52. The predicted octanol–water partition coefficient (Wildman–Crippen LogP) is 2.34. The highest BCUT2D eigenvalue weighted by molar-refractivity contribution is 7.89. The fourth-order valence-electron chi connectivity index (χ4n) is 3.54. The number of aromatic nitrogens is 4. The minimum Gasteiger partial charge on any atom is -0.340 e. The van der Waals surface area contributed by atoms with E-state index in [0.29, 0.717) is 22.0 Å². The van der Waals surface area contributed by atoms with Crippen molar-refractivity contribution in [2.45, 2.75) is 17.4 Å². The number of tetrazole rings is 1. The van der Waals surface area contributed by atoms with Crippen LogP contribution in [-0.4, -0.2) is 46.5 Å². The third-order valence-corrected chi connectivity index (χ3v) is 6.53. The Hall–Kier alpha value is -4.39. The molecular weight excluding hydrogens is 530 g/mol. The van der Waals surface area contributed by atoms with Crippen molar-refractivity contribution >= 4 is 45.2 Å². The van der Waals surface area contributed by atoms with Crippen LogP contribution >= 0.6 is 11.6 Å². The van der Waals surface area contributed by atoms with Crippen molar-refractivity contribution in [3.05, 3.63) is 101 Å². The summed E-state index contributed by atoms with van der Waals surface area (Å²) in [6, 6.07) is 18.7. The molecule has 38 heavy (non-hydrogen) atoms. The Morgan fingerprint density at radius 3 is 2.45 bits per heavy atom. The smallest absolute Gasteiger partial charge is 0.247 e. The lowest BCUT2D eigenvalue weighted by Gasteiger charge is -2.18. The Kier molecular flexibility index (Phi) is 8.26. The van der Waals surface area contributed by atoms with Crippen LogP contribution in [-0.2, 0) is 26.0 Å². The number of primary sulfonamides is 1. The van der Waals surface area contributed by atoms with E-state index in [0.717, 1.165) is 5.56 Å². The Bertz CT molecular complexity index is 1560. The number of carbonyl (C=O) groups is 2. The summed E-state index contributed by atoms with van der Waals surface area (Å²) < 4.78 is 24.4. The molecule has 11 nitrogen and oxygen atoms in total. The molecule has 4 N–H and O–H groups in total. The fourth-order valence-corrected chi connectivity index (χ4v) is 4.24. The summed E-state index contributed by atoms with van der Waals surface area (Å²) in [5, 5.41) is 22.1. The molecule has 1 heterocycles. The van der Waals surface area contributed by atoms with Crippen molar-refractivity contribution in [2.24, 2.45) is 5.14 Å². The maximum atomic E-state index is 13.1. The number of nitrogens with two attached hydrogens (primary N) is 1. The zero-order valence-corrected chi connectivity index (χ0v) is 21.3. The number of sulfonamides is 1. The summed E-state index contributed by atoms with van der Waals surface area (Å²) in [6.07, 6.45) is 4.46. The van der Waals surface area contributed by atoms with Crippen LogP contribution in [0.4, 0.5) is 5.69 Å². The van der Waals surface area contributed by atoms with E-state index >= 15 is 0 Å². The number of halogens is 1. The second-order valence-corrected chi connectivity index (χ2v) is 10.1. The summed E-state index contributed by atoms with van der Waals surface area (Å²) in [5.74, 6) is -1.01. The Morgan fingerprint density at radius 2 is 1.79 bits per heavy atom. The SMILES string of the molecule is NS(=O)(=O)c1ccc(NC(=O)[C@H](Cc2ccccc2)NC(=O)C=Cc2cc(Cl)ccc2-n2cnnn2)cc1. The molecule has 0 radical (unpaired) electrons. The van der Waals surface area contributed by atoms with Crippen LogP contribution in [0.25, 0.3) is 11.8 Å². The van der Waals surface area contributed by atoms with E-state index in [-0.39, 0.29) is 11.3 Å². The first-order valence-corrected chi connectivity index (χ1v) is 13.1. The minimum absolute atomic E-state index is 0.0863. The van der Waals surface area contributed by atoms with Gasteiger partial charge in [-0.15, -0.1) is 5.10 Å². The van der Waals surface area contributed by atoms with Gasteiger partial charge in [-0.1, -0.05) is 41.9 Å². The van der Waals surface area contributed by atoms with Gasteiger partial charge in [-0.2, -0.15) is 4.68 Å². The van der Waals surface area contributed by atoms with Gasteiger partial charge in [0.15, 0.2) is 0 Å². The highest BCUT2D eigenvalue weighted by Crippen LogP contribution is 2.20. The molecule has 0 saturated heterocycles. The summed E-state index contributed by atoms with van der Waals surface area (Å²) in [4.78, 5) is 25.9. The summed E-state index contributed by atoms with van der Waals surface area (Å²) in [5.41, 5.74) is 2.36. The number of nitrogens with one attached hydrogen (secondary N) is 2. The number of nitrogens with zero attached hydrogens (tertiary/aromatic N) is 4. The van der Waals surface area contributed by atoms with Crippen LogP contribution in [0, 0.1) is 0 Å². The molecule has 1 aromatic heterocycles. The second kappa shape index (κ2) is 11.8. The number of hydrogen-bond acceptors (Lipinski definition) is 7. The lowest BCUT2D eigenvalue weighted by Crippen LogP contribution is -2.44. The van der Waals surface area contributed by atoms with Gasteiger partial charge in [0.25, 0.3) is 0 Å². The summed E-state index contributed by atoms with van der Waals surface area (Å²) in [7, 11) is -3.87. The molecule has 0 fully saturated rings. The fraction of sp³-hybridized carbons (Fsp3) is 0.0800. The van der Waals surface area contributed by atoms with E-state index < -0.39 is 27.9 Å². The molecule has 4 rings (SSSR count). The van der Waals surface area contributed by atoms with E-state index in [4.69, 9.17) is 16.7 Å². The normalized spacial score (nSPS) is 12.3. The van der Waals surface area contributed by atoms with Gasteiger partial charge in [-0.25, -0.2) is 13.6 Å². The van der Waals surface area contributed by atoms with Gasteiger partial charge in [-0.05, 0) is 64.5 Å². The molecule has 1 atom stereocenters. The third kappa shape index (κ3) is 7.09. The van der Waals surface area contributed by atoms with E-state index in [1.165, 1.54) is 41.4 Å². The average Bonchev–Trinajstić information content (AvgIpc) is 3.42. The van der Waals surface area contributed by atoms with Gasteiger partial charge in [0.05, 0.1) is 10.6 Å². The van der Waals surface area contributed by atoms with Crippen LogP contribution in [0.5, 0.6) is 0 Å². The number of benzene rings is 3.